The van der Waals surface area contributed by atoms with E-state index in [1.165, 1.54) is 22.3 Å². The van der Waals surface area contributed by atoms with Gasteiger partial charge in [-0.15, -0.1) is 0 Å². The van der Waals surface area contributed by atoms with Crippen molar-refractivity contribution < 1.29 is 0 Å². The molecule has 179 valence electrons. The highest BCUT2D eigenvalue weighted by molar-refractivity contribution is 6.96. The average Bonchev–Trinajstić information content (AvgIpc) is 3.18. The van der Waals surface area contributed by atoms with Crippen LogP contribution in [0.15, 0.2) is 121 Å². The maximum atomic E-state index is 2.68. The Morgan fingerprint density at radius 1 is 0.444 bits per heavy atom. The number of rotatable bonds is 6. The van der Waals surface area contributed by atoms with Gasteiger partial charge in [-0.1, -0.05) is 154 Å². The highest BCUT2D eigenvalue weighted by Crippen LogP contribution is 2.62. The molecule has 0 nitrogen and oxygen atoms in total. The normalized spacial score (nSPS) is 22.5. The lowest BCUT2D eigenvalue weighted by atomic mass is 9.86. The standard InChI is InChI=1S/C33H35Si3/c1-34(2)32(28-22-14-8-15-23-28)30(26-18-10-6-11-19-26)31(27-20-12-7-13-21-27)33(35(3)4,36(32)5)29-24-16-9-17-25-29/h6-25H,1-5H3/t32-,33-/m1/s1. The van der Waals surface area contributed by atoms with Crippen LogP contribution in [0, 0.1) is 0 Å². The Hall–Kier alpha value is -2.73. The van der Waals surface area contributed by atoms with Gasteiger partial charge >= 0.3 is 0 Å². The summed E-state index contributed by atoms with van der Waals surface area (Å²) in [5, 5.41) is 0. The van der Waals surface area contributed by atoms with Crippen molar-refractivity contribution in [3.05, 3.63) is 144 Å². The summed E-state index contributed by atoms with van der Waals surface area (Å²) in [7, 11) is -2.66. The van der Waals surface area contributed by atoms with Gasteiger partial charge in [-0.05, 0) is 33.4 Å². The Balaban J connectivity index is 2.04. The first-order chi connectivity index (χ1) is 17.5. The van der Waals surface area contributed by atoms with E-state index in [0.29, 0.717) is 0 Å². The first kappa shape index (κ1) is 24.9. The van der Waals surface area contributed by atoms with Crippen molar-refractivity contribution in [3.63, 3.8) is 0 Å². The van der Waals surface area contributed by atoms with Crippen LogP contribution in [0.1, 0.15) is 22.3 Å². The third-order valence-corrected chi connectivity index (χ3v) is 20.8. The zero-order valence-corrected chi connectivity index (χ0v) is 25.0. The second-order valence-corrected chi connectivity index (χ2v) is 19.6. The fourth-order valence-corrected chi connectivity index (χ4v) is 20.5. The smallest absolute Gasteiger partial charge is 0.0705 e. The first-order valence-corrected chi connectivity index (χ1v) is 19.9. The Bertz CT molecular complexity index is 1230. The van der Waals surface area contributed by atoms with E-state index in [1.807, 2.05) is 0 Å². The van der Waals surface area contributed by atoms with Crippen LogP contribution < -0.4 is 0 Å². The zero-order chi connectivity index (χ0) is 25.3. The third kappa shape index (κ3) is 3.60. The molecule has 0 saturated heterocycles. The molecule has 36 heavy (non-hydrogen) atoms. The predicted octanol–water partition coefficient (Wildman–Crippen LogP) is 8.28. The summed E-state index contributed by atoms with van der Waals surface area (Å²) in [4.78, 5) is 0. The van der Waals surface area contributed by atoms with Crippen molar-refractivity contribution >= 4 is 37.5 Å². The fourth-order valence-electron chi connectivity index (χ4n) is 6.89. The SMILES string of the molecule is C[Si](C)[C@@]1(c2ccccc2)C(c2ccccc2)=C(c2ccccc2)[C@](c2ccccc2)([Si](C)C)[Si]1C. The first-order valence-electron chi connectivity index (χ1n) is 12.9. The molecule has 3 radical (unpaired) electrons. The van der Waals surface area contributed by atoms with Gasteiger partial charge in [0.15, 0.2) is 0 Å². The summed E-state index contributed by atoms with van der Waals surface area (Å²) < 4.78 is 0.141. The molecule has 0 saturated carbocycles. The summed E-state index contributed by atoms with van der Waals surface area (Å²) in [6.07, 6.45) is 0. The molecule has 1 aliphatic rings. The van der Waals surface area contributed by atoms with E-state index >= 15 is 0 Å². The van der Waals surface area contributed by atoms with Gasteiger partial charge in [0.25, 0.3) is 0 Å². The minimum Gasteiger partial charge on any atom is -0.0705 e. The van der Waals surface area contributed by atoms with Gasteiger partial charge in [0.1, 0.15) is 0 Å². The topological polar surface area (TPSA) is 0 Å². The lowest BCUT2D eigenvalue weighted by Crippen LogP contribution is -2.60. The molecule has 4 aromatic carbocycles. The van der Waals surface area contributed by atoms with E-state index in [2.05, 4.69) is 154 Å². The molecule has 0 aliphatic carbocycles. The highest BCUT2D eigenvalue weighted by atomic mass is 28.4. The van der Waals surface area contributed by atoms with Crippen LogP contribution in [-0.2, 0) is 9.32 Å². The highest BCUT2D eigenvalue weighted by Gasteiger charge is 2.64. The third-order valence-electron chi connectivity index (χ3n) is 8.16. The van der Waals surface area contributed by atoms with Gasteiger partial charge in [0, 0.05) is 9.32 Å². The Morgan fingerprint density at radius 3 is 1.00 bits per heavy atom. The molecule has 0 amide bonds. The molecule has 0 bridgehead atoms. The summed E-state index contributed by atoms with van der Waals surface area (Å²) in [6.45, 7) is 12.9. The minimum atomic E-state index is -1.03. The molecular formula is C33H35Si3. The number of hydrogen-bond donors (Lipinski definition) is 0. The molecule has 0 fully saturated rings. The van der Waals surface area contributed by atoms with E-state index < -0.39 is 26.4 Å². The maximum absolute atomic E-state index is 2.68. The van der Waals surface area contributed by atoms with Crippen molar-refractivity contribution in [1.82, 2.24) is 0 Å². The van der Waals surface area contributed by atoms with Crippen LogP contribution in [0.25, 0.3) is 11.1 Å². The lowest BCUT2D eigenvalue weighted by Gasteiger charge is -2.47. The zero-order valence-electron chi connectivity index (χ0n) is 22.0. The van der Waals surface area contributed by atoms with E-state index in [9.17, 15) is 0 Å². The monoisotopic (exact) mass is 515 g/mol. The Labute approximate surface area is 222 Å². The Kier molecular flexibility index (Phi) is 6.90. The summed E-state index contributed by atoms with van der Waals surface area (Å²) >= 11 is 0. The van der Waals surface area contributed by atoms with E-state index in [0.717, 1.165) is 0 Å². The fraction of sp³-hybridized carbons (Fsp3) is 0.212. The van der Waals surface area contributed by atoms with Crippen LogP contribution in [0.4, 0.5) is 0 Å². The molecule has 1 heterocycles. The van der Waals surface area contributed by atoms with Crippen LogP contribution in [-0.4, -0.2) is 26.4 Å². The number of hydrogen-bond acceptors (Lipinski definition) is 0. The molecular weight excluding hydrogens is 481 g/mol. The summed E-state index contributed by atoms with van der Waals surface area (Å²) in [5.74, 6) is 0. The summed E-state index contributed by atoms with van der Waals surface area (Å²) in [5.41, 5.74) is 9.05. The van der Waals surface area contributed by atoms with Crippen molar-refractivity contribution in [2.24, 2.45) is 0 Å². The molecule has 0 unspecified atom stereocenters. The molecule has 0 spiro atoms. The van der Waals surface area contributed by atoms with Crippen LogP contribution in [0.2, 0.25) is 32.7 Å². The van der Waals surface area contributed by atoms with E-state index in [-0.39, 0.29) is 9.32 Å². The number of allylic oxidation sites excluding steroid dienone is 2. The summed E-state index contributed by atoms with van der Waals surface area (Å²) in [6, 6.07) is 45.8. The molecule has 2 atom stereocenters. The van der Waals surface area contributed by atoms with Crippen LogP contribution in [0.5, 0.6) is 0 Å². The van der Waals surface area contributed by atoms with Crippen LogP contribution >= 0.6 is 0 Å². The van der Waals surface area contributed by atoms with Crippen LogP contribution in [0.3, 0.4) is 0 Å². The minimum absolute atomic E-state index is 0.0703. The Morgan fingerprint density at radius 2 is 0.722 bits per heavy atom. The average molecular weight is 516 g/mol. The molecule has 5 rings (SSSR count). The molecule has 0 aromatic heterocycles. The van der Waals surface area contributed by atoms with Gasteiger partial charge in [0.05, 0.1) is 26.4 Å². The van der Waals surface area contributed by atoms with Crippen molar-refractivity contribution in [3.8, 4) is 0 Å². The quantitative estimate of drug-likeness (QED) is 0.227. The van der Waals surface area contributed by atoms with Gasteiger partial charge in [-0.25, -0.2) is 0 Å². The second kappa shape index (κ2) is 9.97. The predicted molar refractivity (Wildman–Crippen MR) is 163 cm³/mol. The molecule has 1 aliphatic heterocycles. The van der Waals surface area contributed by atoms with Gasteiger partial charge < -0.3 is 0 Å². The lowest BCUT2D eigenvalue weighted by molar-refractivity contribution is 0.992. The van der Waals surface area contributed by atoms with Gasteiger partial charge in [-0.2, -0.15) is 0 Å². The largest absolute Gasteiger partial charge is 0.0730 e. The molecule has 4 aromatic rings. The van der Waals surface area contributed by atoms with E-state index in [4.69, 9.17) is 0 Å². The van der Waals surface area contributed by atoms with Gasteiger partial charge in [-0.3, -0.25) is 0 Å². The molecule has 3 heteroatoms. The van der Waals surface area contributed by atoms with Crippen molar-refractivity contribution in [2.75, 3.05) is 0 Å². The van der Waals surface area contributed by atoms with Gasteiger partial charge in [0.2, 0.25) is 0 Å². The molecule has 0 N–H and O–H groups in total. The number of benzene rings is 4. The second-order valence-electron chi connectivity index (χ2n) is 10.3. The van der Waals surface area contributed by atoms with E-state index in [1.54, 1.807) is 11.1 Å². The maximum Gasteiger partial charge on any atom is 0.0730 e. The van der Waals surface area contributed by atoms with Crippen molar-refractivity contribution in [1.29, 1.82) is 0 Å². The van der Waals surface area contributed by atoms with Crippen molar-refractivity contribution in [2.45, 2.75) is 42.1 Å².